The Kier molecular flexibility index (Phi) is 4.53. The van der Waals surface area contributed by atoms with Crippen molar-refractivity contribution in [3.05, 3.63) is 45.6 Å². The number of benzene rings is 1. The fraction of sp³-hybridized carbons (Fsp3) is 0.312. The first kappa shape index (κ1) is 16.9. The standard InChI is InChI=1S/C16H15BrClNO3S/c1-16(2)13(15(20)21)19-14(23-16)12-6-5-11(22-12)9-4-3-8(17)7-10(9)18/h3-7,13-14,19H,1-2H3,(H,20,21). The lowest BCUT2D eigenvalue weighted by Crippen LogP contribution is -2.43. The van der Waals surface area contributed by atoms with Gasteiger partial charge in [0, 0.05) is 14.8 Å². The lowest BCUT2D eigenvalue weighted by Gasteiger charge is -2.20. The molecule has 0 spiro atoms. The molecule has 1 aromatic carbocycles. The molecule has 1 fully saturated rings. The first-order chi connectivity index (χ1) is 10.8. The van der Waals surface area contributed by atoms with Gasteiger partial charge in [-0.2, -0.15) is 0 Å². The molecule has 2 heterocycles. The van der Waals surface area contributed by atoms with E-state index < -0.39 is 16.8 Å². The van der Waals surface area contributed by atoms with E-state index in [-0.39, 0.29) is 5.37 Å². The van der Waals surface area contributed by atoms with Gasteiger partial charge in [0.2, 0.25) is 0 Å². The topological polar surface area (TPSA) is 62.5 Å². The second-order valence-electron chi connectivity index (χ2n) is 5.87. The lowest BCUT2D eigenvalue weighted by molar-refractivity contribution is -0.139. The molecule has 0 bridgehead atoms. The van der Waals surface area contributed by atoms with E-state index in [1.54, 1.807) is 11.8 Å². The summed E-state index contributed by atoms with van der Waals surface area (Å²) in [5, 5.41) is 12.8. The van der Waals surface area contributed by atoms with Gasteiger partial charge >= 0.3 is 5.97 Å². The van der Waals surface area contributed by atoms with E-state index in [0.29, 0.717) is 16.5 Å². The van der Waals surface area contributed by atoms with Crippen LogP contribution in [0.3, 0.4) is 0 Å². The highest BCUT2D eigenvalue weighted by Gasteiger charge is 2.46. The summed E-state index contributed by atoms with van der Waals surface area (Å²) < 4.78 is 6.40. The molecule has 23 heavy (non-hydrogen) atoms. The van der Waals surface area contributed by atoms with Crippen molar-refractivity contribution in [2.24, 2.45) is 0 Å². The van der Waals surface area contributed by atoms with Gasteiger partial charge < -0.3 is 9.52 Å². The highest BCUT2D eigenvalue weighted by molar-refractivity contribution is 9.10. The number of carboxylic acids is 1. The monoisotopic (exact) mass is 415 g/mol. The molecule has 0 saturated carbocycles. The van der Waals surface area contributed by atoms with Gasteiger partial charge in [-0.3, -0.25) is 10.1 Å². The zero-order valence-corrected chi connectivity index (χ0v) is 15.6. The van der Waals surface area contributed by atoms with E-state index in [4.69, 9.17) is 16.0 Å². The number of thioether (sulfide) groups is 1. The Bertz CT molecular complexity index is 762. The second-order valence-corrected chi connectivity index (χ2v) is 8.95. The van der Waals surface area contributed by atoms with Crippen LogP contribution in [0.1, 0.15) is 25.0 Å². The van der Waals surface area contributed by atoms with E-state index >= 15 is 0 Å². The normalized spacial score (nSPS) is 23.1. The van der Waals surface area contributed by atoms with E-state index in [2.05, 4.69) is 21.2 Å². The van der Waals surface area contributed by atoms with Crippen LogP contribution in [0.15, 0.2) is 39.2 Å². The quantitative estimate of drug-likeness (QED) is 0.743. The molecule has 1 aliphatic heterocycles. The van der Waals surface area contributed by atoms with Crippen molar-refractivity contribution in [3.63, 3.8) is 0 Å². The predicted octanol–water partition coefficient (Wildman–Crippen LogP) is 4.93. The Balaban J connectivity index is 1.87. The van der Waals surface area contributed by atoms with Crippen molar-refractivity contribution < 1.29 is 14.3 Å². The number of carboxylic acid groups (broad SMARTS) is 1. The van der Waals surface area contributed by atoms with Gasteiger partial charge in [-0.1, -0.05) is 27.5 Å². The molecule has 0 radical (unpaired) electrons. The summed E-state index contributed by atoms with van der Waals surface area (Å²) in [7, 11) is 0. The van der Waals surface area contributed by atoms with Crippen LogP contribution in [0.5, 0.6) is 0 Å². The molecule has 1 aliphatic rings. The number of nitrogens with one attached hydrogen (secondary N) is 1. The van der Waals surface area contributed by atoms with Gasteiger partial charge in [0.05, 0.1) is 5.02 Å². The number of hydrogen-bond acceptors (Lipinski definition) is 4. The highest BCUT2D eigenvalue weighted by atomic mass is 79.9. The van der Waals surface area contributed by atoms with Crippen LogP contribution in [-0.2, 0) is 4.79 Å². The van der Waals surface area contributed by atoms with Crippen LogP contribution < -0.4 is 5.32 Å². The van der Waals surface area contributed by atoms with Crippen LogP contribution in [-0.4, -0.2) is 21.9 Å². The molecule has 2 unspecified atom stereocenters. The molecule has 1 aromatic heterocycles. The fourth-order valence-corrected chi connectivity index (χ4v) is 4.72. The minimum Gasteiger partial charge on any atom is -0.480 e. The second kappa shape index (κ2) is 6.16. The molecule has 3 rings (SSSR count). The molecule has 2 N–H and O–H groups in total. The van der Waals surface area contributed by atoms with Gasteiger partial charge in [-0.25, -0.2) is 0 Å². The minimum absolute atomic E-state index is 0.200. The largest absolute Gasteiger partial charge is 0.480 e. The molecule has 4 nitrogen and oxygen atoms in total. The minimum atomic E-state index is -0.854. The van der Waals surface area contributed by atoms with Gasteiger partial charge in [0.1, 0.15) is 22.9 Å². The van der Waals surface area contributed by atoms with Crippen LogP contribution >= 0.6 is 39.3 Å². The van der Waals surface area contributed by atoms with Crippen LogP contribution in [0, 0.1) is 0 Å². The zero-order valence-electron chi connectivity index (χ0n) is 12.5. The molecule has 7 heteroatoms. The maximum atomic E-state index is 11.4. The van der Waals surface area contributed by atoms with Crippen molar-refractivity contribution in [2.45, 2.75) is 30.0 Å². The van der Waals surface area contributed by atoms with Gasteiger partial charge in [0.15, 0.2) is 0 Å². The Morgan fingerprint density at radius 2 is 2.13 bits per heavy atom. The van der Waals surface area contributed by atoms with Gasteiger partial charge in [0.25, 0.3) is 0 Å². The Morgan fingerprint density at radius 3 is 2.74 bits per heavy atom. The number of aliphatic carboxylic acids is 1. The van der Waals surface area contributed by atoms with Crippen molar-refractivity contribution in [1.82, 2.24) is 5.32 Å². The van der Waals surface area contributed by atoms with Gasteiger partial charge in [-0.05, 0) is 44.2 Å². The molecule has 1 saturated heterocycles. The number of rotatable bonds is 3. The molecule has 2 aromatic rings. The van der Waals surface area contributed by atoms with Crippen molar-refractivity contribution in [3.8, 4) is 11.3 Å². The van der Waals surface area contributed by atoms with Crippen LogP contribution in [0.25, 0.3) is 11.3 Å². The third-order valence-electron chi connectivity index (χ3n) is 3.76. The highest BCUT2D eigenvalue weighted by Crippen LogP contribution is 2.46. The summed E-state index contributed by atoms with van der Waals surface area (Å²) in [5.41, 5.74) is 0.804. The lowest BCUT2D eigenvalue weighted by atomic mass is 10.0. The third-order valence-corrected chi connectivity index (χ3v) is 6.02. The molecule has 122 valence electrons. The van der Waals surface area contributed by atoms with Crippen LogP contribution in [0.2, 0.25) is 5.02 Å². The van der Waals surface area contributed by atoms with Crippen molar-refractivity contribution in [1.29, 1.82) is 0 Å². The van der Waals surface area contributed by atoms with E-state index in [9.17, 15) is 9.90 Å². The number of halogens is 2. The number of hydrogen-bond donors (Lipinski definition) is 2. The summed E-state index contributed by atoms with van der Waals surface area (Å²) in [6.07, 6.45) is 0. The van der Waals surface area contributed by atoms with Gasteiger partial charge in [-0.15, -0.1) is 11.8 Å². The summed E-state index contributed by atoms with van der Waals surface area (Å²) >= 11 is 11.2. The number of furan rings is 1. The Labute approximate surface area is 151 Å². The number of carbonyl (C=O) groups is 1. The van der Waals surface area contributed by atoms with Crippen molar-refractivity contribution >= 4 is 45.3 Å². The maximum Gasteiger partial charge on any atom is 0.322 e. The molecular formula is C16H15BrClNO3S. The molecule has 0 aliphatic carbocycles. The van der Waals surface area contributed by atoms with Crippen LogP contribution in [0.4, 0.5) is 0 Å². The van der Waals surface area contributed by atoms with Crippen molar-refractivity contribution in [2.75, 3.05) is 0 Å². The molecule has 0 amide bonds. The van der Waals surface area contributed by atoms with E-state index in [1.807, 2.05) is 44.2 Å². The van der Waals surface area contributed by atoms with E-state index in [0.717, 1.165) is 10.0 Å². The first-order valence-corrected chi connectivity index (χ1v) is 9.05. The summed E-state index contributed by atoms with van der Waals surface area (Å²) in [5.74, 6) is 0.505. The summed E-state index contributed by atoms with van der Waals surface area (Å²) in [6.45, 7) is 3.83. The SMILES string of the molecule is CC1(C)SC(c2ccc(-c3ccc(Br)cc3Cl)o2)NC1C(=O)O. The Hall–Kier alpha value is -0.950. The zero-order chi connectivity index (χ0) is 16.8. The maximum absolute atomic E-state index is 11.4. The third kappa shape index (κ3) is 3.31. The summed E-state index contributed by atoms with van der Waals surface area (Å²) in [4.78, 5) is 11.4. The first-order valence-electron chi connectivity index (χ1n) is 7.00. The Morgan fingerprint density at radius 1 is 1.39 bits per heavy atom. The fourth-order valence-electron chi connectivity index (χ4n) is 2.59. The van der Waals surface area contributed by atoms with E-state index in [1.165, 1.54) is 0 Å². The average molecular weight is 417 g/mol. The summed E-state index contributed by atoms with van der Waals surface area (Å²) in [6, 6.07) is 8.68. The smallest absolute Gasteiger partial charge is 0.322 e. The predicted molar refractivity (Wildman–Crippen MR) is 95.8 cm³/mol. The average Bonchev–Trinajstić information content (AvgIpc) is 3.02. The molecule has 2 atom stereocenters. The molecular weight excluding hydrogens is 402 g/mol.